The third kappa shape index (κ3) is 4.03. The van der Waals surface area contributed by atoms with Gasteiger partial charge in [0.15, 0.2) is 0 Å². The number of rotatable bonds is 4. The Hall–Kier alpha value is -1.44. The Labute approximate surface area is 126 Å². The summed E-state index contributed by atoms with van der Waals surface area (Å²) in [5, 5.41) is 6.73. The molecule has 20 heavy (non-hydrogen) atoms. The molecule has 6 nitrogen and oxygen atoms in total. The summed E-state index contributed by atoms with van der Waals surface area (Å²) < 4.78 is 0. The van der Waals surface area contributed by atoms with Gasteiger partial charge in [-0.05, 0) is 23.4 Å². The van der Waals surface area contributed by atoms with E-state index in [4.69, 9.17) is 5.73 Å². The molecular weight excluding hydrogens is 302 g/mol. The van der Waals surface area contributed by atoms with Crippen molar-refractivity contribution in [3.8, 4) is 0 Å². The number of halogens is 1. The molecule has 1 atom stereocenters. The fourth-order valence-electron chi connectivity index (χ4n) is 1.95. The molecule has 0 radical (unpaired) electrons. The van der Waals surface area contributed by atoms with Crippen LogP contribution >= 0.6 is 23.7 Å². The minimum atomic E-state index is -0.620. The molecule has 1 aromatic heterocycles. The number of carbonyl (C=O) groups excluding carboxylic acids is 3. The van der Waals surface area contributed by atoms with Crippen molar-refractivity contribution in [3.63, 3.8) is 0 Å². The first-order valence-electron chi connectivity index (χ1n) is 5.98. The Morgan fingerprint density at radius 1 is 1.50 bits per heavy atom. The zero-order valence-electron chi connectivity index (χ0n) is 10.7. The first-order valence-corrected chi connectivity index (χ1v) is 6.86. The van der Waals surface area contributed by atoms with Crippen LogP contribution in [0.3, 0.4) is 0 Å². The van der Waals surface area contributed by atoms with Crippen molar-refractivity contribution in [1.82, 2.24) is 10.6 Å². The van der Waals surface area contributed by atoms with Crippen LogP contribution in [0, 0.1) is 0 Å². The normalized spacial score (nSPS) is 18.1. The Bertz CT molecular complexity index is 518. The molecule has 1 fully saturated rings. The quantitative estimate of drug-likeness (QED) is 0.685. The Kier molecular flexibility index (Phi) is 6.12. The van der Waals surface area contributed by atoms with Crippen molar-refractivity contribution in [2.24, 2.45) is 5.73 Å². The molecule has 8 heteroatoms. The summed E-state index contributed by atoms with van der Waals surface area (Å²) >= 11 is 1.51. The molecule has 110 valence electrons. The number of imide groups is 1. The first-order chi connectivity index (χ1) is 9.10. The van der Waals surface area contributed by atoms with Crippen LogP contribution < -0.4 is 16.4 Å². The third-order valence-corrected chi connectivity index (χ3v) is 3.93. The monoisotopic (exact) mass is 317 g/mol. The summed E-state index contributed by atoms with van der Waals surface area (Å²) in [6.07, 6.45) is 0.806. The van der Waals surface area contributed by atoms with Gasteiger partial charge in [0, 0.05) is 17.8 Å². The number of nitrogens with two attached hydrogens (primary N) is 1. The predicted octanol–water partition coefficient (Wildman–Crippen LogP) is 0.0925. The summed E-state index contributed by atoms with van der Waals surface area (Å²) in [4.78, 5) is 35.3. The van der Waals surface area contributed by atoms with Gasteiger partial charge in [-0.15, -0.1) is 23.7 Å². The smallest absolute Gasteiger partial charge is 0.249 e. The van der Waals surface area contributed by atoms with Crippen LogP contribution in [0.1, 0.15) is 23.3 Å². The molecule has 0 spiro atoms. The number of piperidine rings is 1. The lowest BCUT2D eigenvalue weighted by Gasteiger charge is -2.21. The van der Waals surface area contributed by atoms with Gasteiger partial charge >= 0.3 is 0 Å². The summed E-state index contributed by atoms with van der Waals surface area (Å²) in [5.74, 6) is -0.963. The highest BCUT2D eigenvalue weighted by Crippen LogP contribution is 2.16. The molecule has 1 aliphatic heterocycles. The Morgan fingerprint density at radius 3 is 2.90 bits per heavy atom. The second kappa shape index (κ2) is 7.37. The van der Waals surface area contributed by atoms with Gasteiger partial charge in [0.05, 0.1) is 6.42 Å². The van der Waals surface area contributed by atoms with Crippen molar-refractivity contribution >= 4 is 41.5 Å². The lowest BCUT2D eigenvalue weighted by Crippen LogP contribution is -2.52. The largest absolute Gasteiger partial charge is 0.344 e. The number of hydrogen-bond donors (Lipinski definition) is 3. The van der Waals surface area contributed by atoms with Crippen LogP contribution in [0.15, 0.2) is 11.4 Å². The Balaban J connectivity index is 0.00000200. The molecule has 1 aliphatic rings. The predicted molar refractivity (Wildman–Crippen MR) is 77.5 cm³/mol. The van der Waals surface area contributed by atoms with E-state index in [-0.39, 0.29) is 37.1 Å². The number of carbonyl (C=O) groups is 3. The van der Waals surface area contributed by atoms with E-state index < -0.39 is 11.9 Å². The van der Waals surface area contributed by atoms with Crippen molar-refractivity contribution < 1.29 is 14.4 Å². The van der Waals surface area contributed by atoms with Gasteiger partial charge in [-0.3, -0.25) is 19.7 Å². The minimum Gasteiger partial charge on any atom is -0.344 e. The van der Waals surface area contributed by atoms with E-state index in [1.54, 1.807) is 0 Å². The molecular formula is C12H16ClN3O3S. The van der Waals surface area contributed by atoms with Gasteiger partial charge in [0.1, 0.15) is 6.04 Å². The molecule has 1 aromatic rings. The fourth-order valence-corrected chi connectivity index (χ4v) is 2.74. The van der Waals surface area contributed by atoms with Crippen molar-refractivity contribution in [2.45, 2.75) is 31.8 Å². The zero-order chi connectivity index (χ0) is 13.8. The van der Waals surface area contributed by atoms with Gasteiger partial charge in [-0.25, -0.2) is 0 Å². The molecule has 0 aliphatic carbocycles. The van der Waals surface area contributed by atoms with Gasteiger partial charge in [-0.2, -0.15) is 0 Å². The average molecular weight is 318 g/mol. The highest BCUT2D eigenvalue weighted by atomic mass is 35.5. The summed E-state index contributed by atoms with van der Waals surface area (Å²) in [6, 6.07) is 1.24. The average Bonchev–Trinajstić information content (AvgIpc) is 2.80. The number of hydrogen-bond acceptors (Lipinski definition) is 5. The molecule has 0 aromatic carbocycles. The van der Waals surface area contributed by atoms with E-state index in [0.717, 1.165) is 10.4 Å². The molecule has 0 saturated carbocycles. The second-order valence-corrected chi connectivity index (χ2v) is 5.32. The van der Waals surface area contributed by atoms with E-state index in [0.29, 0.717) is 13.0 Å². The van der Waals surface area contributed by atoms with Crippen molar-refractivity contribution in [2.75, 3.05) is 0 Å². The molecule has 1 saturated heterocycles. The maximum atomic E-state index is 11.9. The van der Waals surface area contributed by atoms with Crippen LogP contribution in [0.25, 0.3) is 0 Å². The molecule has 2 rings (SSSR count). The van der Waals surface area contributed by atoms with Gasteiger partial charge < -0.3 is 11.1 Å². The van der Waals surface area contributed by atoms with Crippen molar-refractivity contribution in [1.29, 1.82) is 0 Å². The summed E-state index contributed by atoms with van der Waals surface area (Å²) in [5.41, 5.74) is 6.46. The van der Waals surface area contributed by atoms with Crippen LogP contribution in [-0.2, 0) is 27.3 Å². The highest BCUT2D eigenvalue weighted by Gasteiger charge is 2.27. The van der Waals surface area contributed by atoms with Crippen LogP contribution in [0.2, 0.25) is 0 Å². The maximum Gasteiger partial charge on any atom is 0.249 e. The number of nitrogens with one attached hydrogen (secondary N) is 2. The van der Waals surface area contributed by atoms with Gasteiger partial charge in [0.2, 0.25) is 17.7 Å². The first kappa shape index (κ1) is 16.6. The van der Waals surface area contributed by atoms with Crippen LogP contribution in [0.5, 0.6) is 0 Å². The summed E-state index contributed by atoms with van der Waals surface area (Å²) in [6.45, 7) is 0.401. The standard InChI is InChI=1S/C12H15N3O3S.ClH/c13-6-9-7(3-4-19-9)5-11(17)14-8-1-2-10(16)15-12(8)18;/h3-4,8H,1-2,5-6,13H2,(H,14,17)(H,15,16,18);1H. The van der Waals surface area contributed by atoms with E-state index in [1.165, 1.54) is 11.3 Å². The van der Waals surface area contributed by atoms with E-state index in [1.807, 2.05) is 11.4 Å². The maximum absolute atomic E-state index is 11.9. The van der Waals surface area contributed by atoms with E-state index in [2.05, 4.69) is 10.6 Å². The third-order valence-electron chi connectivity index (χ3n) is 2.95. The summed E-state index contributed by atoms with van der Waals surface area (Å²) in [7, 11) is 0. The SMILES string of the molecule is Cl.NCc1sccc1CC(=O)NC1CCC(=O)NC1=O. The van der Waals surface area contributed by atoms with E-state index >= 15 is 0 Å². The molecule has 1 unspecified atom stereocenters. The van der Waals surface area contributed by atoms with Gasteiger partial charge in [-0.1, -0.05) is 0 Å². The van der Waals surface area contributed by atoms with Crippen LogP contribution in [0.4, 0.5) is 0 Å². The fraction of sp³-hybridized carbons (Fsp3) is 0.417. The topological polar surface area (TPSA) is 101 Å². The lowest BCUT2D eigenvalue weighted by molar-refractivity contribution is -0.137. The molecule has 4 N–H and O–H groups in total. The van der Waals surface area contributed by atoms with Crippen LogP contribution in [-0.4, -0.2) is 23.8 Å². The second-order valence-electron chi connectivity index (χ2n) is 4.32. The zero-order valence-corrected chi connectivity index (χ0v) is 12.3. The molecule has 0 bridgehead atoms. The Morgan fingerprint density at radius 2 is 2.25 bits per heavy atom. The van der Waals surface area contributed by atoms with Crippen molar-refractivity contribution in [3.05, 3.63) is 21.9 Å². The minimum absolute atomic E-state index is 0. The molecule has 2 heterocycles. The van der Waals surface area contributed by atoms with Gasteiger partial charge in [0.25, 0.3) is 0 Å². The molecule has 3 amide bonds. The van der Waals surface area contributed by atoms with E-state index in [9.17, 15) is 14.4 Å². The lowest BCUT2D eigenvalue weighted by atomic mass is 10.1. The highest BCUT2D eigenvalue weighted by molar-refractivity contribution is 7.10. The number of thiophene rings is 1. The number of amides is 3.